The van der Waals surface area contributed by atoms with E-state index < -0.39 is 0 Å². The van der Waals surface area contributed by atoms with Crippen LogP contribution < -0.4 is 11.5 Å². The van der Waals surface area contributed by atoms with Crippen LogP contribution in [-0.4, -0.2) is 40.4 Å². The molecule has 0 atom stereocenters. The zero-order valence-electron chi connectivity index (χ0n) is 3.48. The Kier molecular flexibility index (Phi) is 41.7. The number of rotatable bonds is 1. The maximum absolute atomic E-state index is 4.90. The average molecular weight is 395 g/mol. The summed E-state index contributed by atoms with van der Waals surface area (Å²) < 4.78 is 0. The van der Waals surface area contributed by atoms with E-state index in [2.05, 4.69) is 0 Å². The van der Waals surface area contributed by atoms with Gasteiger partial charge in [-0.3, -0.25) is 0 Å². The summed E-state index contributed by atoms with van der Waals surface area (Å²) in [4.78, 5) is 0. The van der Waals surface area contributed by atoms with Crippen molar-refractivity contribution in [3.8, 4) is 0 Å². The summed E-state index contributed by atoms with van der Waals surface area (Å²) in [5.74, 6) is 0. The molecule has 38 valence electrons. The molecule has 0 heterocycles. The van der Waals surface area contributed by atoms with E-state index in [9.17, 15) is 0 Å². The second-order valence-electron chi connectivity index (χ2n) is 0.577. The van der Waals surface area contributed by atoms with E-state index in [-0.39, 0.29) is 51.3 Å². The Labute approximate surface area is 75.2 Å². The first-order valence-corrected chi connectivity index (χ1v) is 1.32. The van der Waals surface area contributed by atoms with Crippen molar-refractivity contribution in [3.05, 3.63) is 0 Å². The third-order valence-electron chi connectivity index (χ3n) is 0.167. The number of hydrogen-bond donors (Lipinski definition) is 2. The van der Waals surface area contributed by atoms with E-state index in [1.807, 2.05) is 0 Å². The molecular weight excluding hydrogens is 386 g/mol. The molecule has 0 spiro atoms. The van der Waals surface area contributed by atoms with E-state index in [0.29, 0.717) is 13.1 Å². The molecule has 0 aromatic carbocycles. The van der Waals surface area contributed by atoms with E-state index in [4.69, 9.17) is 11.5 Å². The van der Waals surface area contributed by atoms with Crippen LogP contribution >= 0.6 is 24.0 Å². The Hall–Kier alpha value is 1.57. The van der Waals surface area contributed by atoms with Crippen LogP contribution in [0.1, 0.15) is 0 Å². The molecule has 0 unspecified atom stereocenters. The van der Waals surface area contributed by atoms with Gasteiger partial charge in [0.15, 0.2) is 0 Å². The zero-order valence-corrected chi connectivity index (χ0v) is 9.70. The molecule has 4 N–H and O–H groups in total. The van der Waals surface area contributed by atoms with Gasteiger partial charge in [-0.25, -0.2) is 0 Å². The van der Waals surface area contributed by atoms with Crippen molar-refractivity contribution in [2.24, 2.45) is 11.5 Å². The molecule has 0 bridgehead atoms. The summed E-state index contributed by atoms with van der Waals surface area (Å²) in [5, 5.41) is 0. The summed E-state index contributed by atoms with van der Waals surface area (Å²) in [6, 6.07) is 0. The van der Waals surface area contributed by atoms with Crippen molar-refractivity contribution in [1.29, 1.82) is 0 Å². The second kappa shape index (κ2) is 16.0. The fourth-order valence-electron chi connectivity index (χ4n) is 0. The maximum Gasteiger partial charge on any atom is 0.00461 e. The molecule has 0 amide bonds. The Bertz CT molecular complexity index is 13.5. The van der Waals surface area contributed by atoms with Gasteiger partial charge in [0.05, 0.1) is 0 Å². The van der Waals surface area contributed by atoms with E-state index in [1.54, 1.807) is 0 Å². The summed E-state index contributed by atoms with van der Waals surface area (Å²) in [5.41, 5.74) is 9.81. The van der Waals surface area contributed by atoms with Gasteiger partial charge in [-0.05, 0) is 0 Å². The van der Waals surface area contributed by atoms with Crippen molar-refractivity contribution in [2.45, 2.75) is 0 Å². The van der Waals surface area contributed by atoms with Crippen LogP contribution in [0.3, 0.4) is 0 Å². The van der Waals surface area contributed by atoms with Gasteiger partial charge in [0.1, 0.15) is 0 Å². The second-order valence-corrected chi connectivity index (χ2v) is 0.577. The molecule has 0 aliphatic carbocycles. The van der Waals surface area contributed by atoms with Crippen LogP contribution in [-0.2, 0) is 0 Å². The number of hydrogen-bond acceptors (Lipinski definition) is 2. The Morgan fingerprint density at radius 2 is 1.17 bits per heavy atom. The molecule has 4 heteroatoms. The third-order valence-corrected chi connectivity index (χ3v) is 0.167. The van der Waals surface area contributed by atoms with E-state index in [0.717, 1.165) is 0 Å². The first-order valence-electron chi connectivity index (χ1n) is 1.32. The Balaban J connectivity index is -0.0000000450. The van der Waals surface area contributed by atoms with Gasteiger partial charge in [0.25, 0.3) is 0 Å². The zero-order chi connectivity index (χ0) is 3.41. The summed E-state index contributed by atoms with van der Waals surface area (Å²) in [6.07, 6.45) is 0. The molecule has 0 aromatic rings. The summed E-state index contributed by atoms with van der Waals surface area (Å²) in [6.45, 7) is 1.19. The molecule has 0 aromatic heterocycles. The van der Waals surface area contributed by atoms with Gasteiger partial charge in [0.2, 0.25) is 0 Å². The van der Waals surface area contributed by atoms with Gasteiger partial charge in [0, 0.05) is 40.4 Å². The first kappa shape index (κ1) is 15.6. The van der Waals surface area contributed by atoms with Crippen molar-refractivity contribution >= 4 is 51.3 Å². The predicted molar refractivity (Wildman–Crippen MR) is 39.3 cm³/mol. The predicted octanol–water partition coefficient (Wildman–Crippen LogP) is -0.859. The normalized spacial score (nSPS) is 5.00. The molecule has 0 aliphatic rings. The smallest absolute Gasteiger partial charge is 0.00461 e. The molecule has 4 radical (unpaired) electrons. The number of halogens is 1. The minimum Gasteiger partial charge on any atom is -0.329 e. The minimum atomic E-state index is 0. The van der Waals surface area contributed by atoms with Gasteiger partial charge in [-0.15, -0.1) is 24.0 Å². The van der Waals surface area contributed by atoms with Gasteiger partial charge in [-0.2, -0.15) is 0 Å². The topological polar surface area (TPSA) is 52.0 Å². The fourth-order valence-corrected chi connectivity index (χ4v) is 0. The molecule has 0 saturated heterocycles. The van der Waals surface area contributed by atoms with Crippen LogP contribution in [0.25, 0.3) is 0 Å². The van der Waals surface area contributed by atoms with Crippen molar-refractivity contribution < 1.29 is 0 Å². The maximum atomic E-state index is 4.90. The van der Waals surface area contributed by atoms with Crippen LogP contribution in [0.4, 0.5) is 0 Å². The molecule has 2 nitrogen and oxygen atoms in total. The molecule has 0 saturated carbocycles. The van der Waals surface area contributed by atoms with Crippen molar-refractivity contribution in [1.82, 2.24) is 0 Å². The molecule has 0 rings (SSSR count). The van der Waals surface area contributed by atoms with Gasteiger partial charge >= 0.3 is 0 Å². The summed E-state index contributed by atoms with van der Waals surface area (Å²) in [7, 11) is 0. The molecular formula is C2H9IN2Pb. The standard InChI is InChI=1S/C2H8N2.HI.Pb/c3-1-2-4;;/h1-4H2;1H;. The van der Waals surface area contributed by atoms with Crippen molar-refractivity contribution in [3.63, 3.8) is 0 Å². The molecule has 0 aliphatic heterocycles. The monoisotopic (exact) mass is 396 g/mol. The fraction of sp³-hybridized carbons (Fsp3) is 1.00. The van der Waals surface area contributed by atoms with Crippen LogP contribution in [0.2, 0.25) is 0 Å². The van der Waals surface area contributed by atoms with Crippen LogP contribution in [0.5, 0.6) is 0 Å². The largest absolute Gasteiger partial charge is 0.329 e. The third kappa shape index (κ3) is 17.6. The van der Waals surface area contributed by atoms with Gasteiger partial charge in [-0.1, -0.05) is 0 Å². The average Bonchev–Trinajstić information content (AvgIpc) is 1.37. The van der Waals surface area contributed by atoms with Crippen LogP contribution in [0, 0.1) is 0 Å². The van der Waals surface area contributed by atoms with E-state index in [1.165, 1.54) is 0 Å². The Morgan fingerprint density at radius 3 is 1.17 bits per heavy atom. The van der Waals surface area contributed by atoms with Crippen molar-refractivity contribution in [2.75, 3.05) is 13.1 Å². The van der Waals surface area contributed by atoms with E-state index >= 15 is 0 Å². The van der Waals surface area contributed by atoms with Crippen LogP contribution in [0.15, 0.2) is 0 Å². The minimum absolute atomic E-state index is 0. The van der Waals surface area contributed by atoms with Gasteiger partial charge < -0.3 is 11.5 Å². The molecule has 6 heavy (non-hydrogen) atoms. The quantitative estimate of drug-likeness (QED) is 0.449. The first-order chi connectivity index (χ1) is 1.91. The Morgan fingerprint density at radius 1 is 1.00 bits per heavy atom. The SMILES string of the molecule is I.NCCN.[Pb]. The number of nitrogens with two attached hydrogens (primary N) is 2. The molecule has 0 fully saturated rings. The summed E-state index contributed by atoms with van der Waals surface area (Å²) >= 11 is 0.